The standard InChI is InChI=1S/C16H29N3/c1-5-14-16(12(3)17-4)15(6-2)19(18-14)11-13-9-7-8-10-13/h12-13,17H,5-11H2,1-4H3. The van der Waals surface area contributed by atoms with Crippen molar-refractivity contribution >= 4 is 0 Å². The van der Waals surface area contributed by atoms with Crippen LogP contribution in [0.2, 0.25) is 0 Å². The molecule has 1 saturated carbocycles. The minimum atomic E-state index is 0.405. The molecule has 2 rings (SSSR count). The van der Waals surface area contributed by atoms with Crippen LogP contribution in [-0.2, 0) is 19.4 Å². The molecule has 0 radical (unpaired) electrons. The van der Waals surface area contributed by atoms with Gasteiger partial charge in [0.25, 0.3) is 0 Å². The van der Waals surface area contributed by atoms with Gasteiger partial charge in [-0.3, -0.25) is 4.68 Å². The third kappa shape index (κ3) is 3.02. The molecular weight excluding hydrogens is 234 g/mol. The molecule has 19 heavy (non-hydrogen) atoms. The van der Waals surface area contributed by atoms with Gasteiger partial charge in [-0.15, -0.1) is 0 Å². The summed E-state index contributed by atoms with van der Waals surface area (Å²) in [6.45, 7) is 7.85. The maximum absolute atomic E-state index is 4.91. The molecule has 3 heteroatoms. The van der Waals surface area contributed by atoms with Crippen molar-refractivity contribution in [3.05, 3.63) is 17.0 Å². The van der Waals surface area contributed by atoms with Gasteiger partial charge in [0.1, 0.15) is 0 Å². The van der Waals surface area contributed by atoms with Crippen molar-refractivity contribution in [2.45, 2.75) is 71.9 Å². The molecule has 1 unspecified atom stereocenters. The van der Waals surface area contributed by atoms with Crippen molar-refractivity contribution in [1.29, 1.82) is 0 Å². The fraction of sp³-hybridized carbons (Fsp3) is 0.812. The Hall–Kier alpha value is -0.830. The molecule has 0 spiro atoms. The van der Waals surface area contributed by atoms with Crippen molar-refractivity contribution < 1.29 is 0 Å². The zero-order chi connectivity index (χ0) is 13.8. The van der Waals surface area contributed by atoms with Crippen LogP contribution in [-0.4, -0.2) is 16.8 Å². The average Bonchev–Trinajstić information content (AvgIpc) is 3.05. The summed E-state index contributed by atoms with van der Waals surface area (Å²) in [7, 11) is 2.04. The van der Waals surface area contributed by atoms with Gasteiger partial charge in [-0.1, -0.05) is 26.7 Å². The largest absolute Gasteiger partial charge is 0.313 e. The molecule has 0 saturated heterocycles. The topological polar surface area (TPSA) is 29.9 Å². The fourth-order valence-electron chi connectivity index (χ4n) is 3.43. The Kier molecular flexibility index (Phi) is 5.03. The highest BCUT2D eigenvalue weighted by molar-refractivity contribution is 5.30. The normalized spacial score (nSPS) is 18.1. The Labute approximate surface area is 117 Å². The average molecular weight is 263 g/mol. The summed E-state index contributed by atoms with van der Waals surface area (Å²) in [5.74, 6) is 0.854. The Morgan fingerprint density at radius 2 is 1.95 bits per heavy atom. The molecule has 1 fully saturated rings. The lowest BCUT2D eigenvalue weighted by Gasteiger charge is -2.15. The van der Waals surface area contributed by atoms with Crippen molar-refractivity contribution in [1.82, 2.24) is 15.1 Å². The van der Waals surface area contributed by atoms with E-state index < -0.39 is 0 Å². The minimum absolute atomic E-state index is 0.405. The van der Waals surface area contributed by atoms with E-state index in [1.807, 2.05) is 7.05 Å². The molecule has 0 aromatic carbocycles. The van der Waals surface area contributed by atoms with Crippen molar-refractivity contribution in [2.24, 2.45) is 5.92 Å². The summed E-state index contributed by atoms with van der Waals surface area (Å²) in [5.41, 5.74) is 4.19. The molecule has 1 N–H and O–H groups in total. The minimum Gasteiger partial charge on any atom is -0.313 e. The summed E-state index contributed by atoms with van der Waals surface area (Å²) in [4.78, 5) is 0. The van der Waals surface area contributed by atoms with Gasteiger partial charge in [-0.2, -0.15) is 5.10 Å². The molecule has 1 aromatic rings. The van der Waals surface area contributed by atoms with Crippen molar-refractivity contribution in [3.63, 3.8) is 0 Å². The molecular formula is C16H29N3. The Morgan fingerprint density at radius 3 is 2.47 bits per heavy atom. The number of nitrogens with one attached hydrogen (secondary N) is 1. The monoisotopic (exact) mass is 263 g/mol. The van der Waals surface area contributed by atoms with Crippen LogP contribution in [0.25, 0.3) is 0 Å². The summed E-state index contributed by atoms with van der Waals surface area (Å²) < 4.78 is 2.32. The van der Waals surface area contributed by atoms with Crippen LogP contribution in [0.5, 0.6) is 0 Å². The van der Waals surface area contributed by atoms with Crippen LogP contribution >= 0.6 is 0 Å². The maximum atomic E-state index is 4.91. The number of rotatable bonds is 6. The third-order valence-corrected chi connectivity index (χ3v) is 4.62. The second kappa shape index (κ2) is 6.56. The van der Waals surface area contributed by atoms with Gasteiger partial charge in [0.2, 0.25) is 0 Å². The fourth-order valence-corrected chi connectivity index (χ4v) is 3.43. The van der Waals surface area contributed by atoms with E-state index in [-0.39, 0.29) is 0 Å². The van der Waals surface area contributed by atoms with Crippen LogP contribution in [0.15, 0.2) is 0 Å². The first kappa shape index (κ1) is 14.6. The quantitative estimate of drug-likeness (QED) is 0.851. The summed E-state index contributed by atoms with van der Waals surface area (Å²) in [6, 6.07) is 0.405. The van der Waals surface area contributed by atoms with Gasteiger partial charge < -0.3 is 5.32 Å². The van der Waals surface area contributed by atoms with Crippen LogP contribution in [0.3, 0.4) is 0 Å². The predicted molar refractivity (Wildman–Crippen MR) is 80.4 cm³/mol. The summed E-state index contributed by atoms with van der Waals surface area (Å²) >= 11 is 0. The summed E-state index contributed by atoms with van der Waals surface area (Å²) in [6.07, 6.45) is 7.72. The smallest absolute Gasteiger partial charge is 0.0672 e. The Balaban J connectivity index is 2.29. The highest BCUT2D eigenvalue weighted by Crippen LogP contribution is 2.29. The third-order valence-electron chi connectivity index (χ3n) is 4.62. The lowest BCUT2D eigenvalue weighted by Crippen LogP contribution is -2.16. The van der Waals surface area contributed by atoms with Gasteiger partial charge in [0.05, 0.1) is 5.69 Å². The molecule has 108 valence electrons. The van der Waals surface area contributed by atoms with E-state index in [1.54, 1.807) is 0 Å². The van der Waals surface area contributed by atoms with Crippen LogP contribution in [0.1, 0.15) is 69.4 Å². The zero-order valence-electron chi connectivity index (χ0n) is 13.0. The molecule has 1 heterocycles. The SMILES string of the molecule is CCc1nn(CC2CCCC2)c(CC)c1C(C)NC. The highest BCUT2D eigenvalue weighted by Gasteiger charge is 2.22. The van der Waals surface area contributed by atoms with Gasteiger partial charge in [-0.25, -0.2) is 0 Å². The van der Waals surface area contributed by atoms with E-state index in [2.05, 4.69) is 30.8 Å². The molecule has 1 aliphatic rings. The molecule has 1 aromatic heterocycles. The number of hydrogen-bond acceptors (Lipinski definition) is 2. The maximum Gasteiger partial charge on any atom is 0.0672 e. The molecule has 0 aliphatic heterocycles. The van der Waals surface area contributed by atoms with Gasteiger partial charge >= 0.3 is 0 Å². The predicted octanol–water partition coefficient (Wildman–Crippen LogP) is 3.48. The first-order valence-corrected chi connectivity index (χ1v) is 7.96. The van der Waals surface area contributed by atoms with Gasteiger partial charge in [0, 0.05) is 23.8 Å². The lowest BCUT2D eigenvalue weighted by atomic mass is 10.0. The first-order chi connectivity index (χ1) is 9.21. The van der Waals surface area contributed by atoms with Crippen LogP contribution in [0.4, 0.5) is 0 Å². The summed E-state index contributed by atoms with van der Waals surface area (Å²) in [5, 5.41) is 8.29. The van der Waals surface area contributed by atoms with E-state index in [1.165, 1.54) is 42.6 Å². The van der Waals surface area contributed by atoms with E-state index in [0.29, 0.717) is 6.04 Å². The van der Waals surface area contributed by atoms with Gasteiger partial charge in [0.15, 0.2) is 0 Å². The highest BCUT2D eigenvalue weighted by atomic mass is 15.3. The van der Waals surface area contributed by atoms with E-state index in [9.17, 15) is 0 Å². The first-order valence-electron chi connectivity index (χ1n) is 7.96. The number of nitrogens with zero attached hydrogens (tertiary/aromatic N) is 2. The van der Waals surface area contributed by atoms with E-state index in [4.69, 9.17) is 5.10 Å². The van der Waals surface area contributed by atoms with Gasteiger partial charge in [-0.05, 0) is 45.6 Å². The van der Waals surface area contributed by atoms with Crippen LogP contribution < -0.4 is 5.32 Å². The van der Waals surface area contributed by atoms with Crippen molar-refractivity contribution in [2.75, 3.05) is 7.05 Å². The molecule has 1 aliphatic carbocycles. The second-order valence-electron chi connectivity index (χ2n) is 5.86. The Morgan fingerprint density at radius 1 is 1.26 bits per heavy atom. The van der Waals surface area contributed by atoms with E-state index in [0.717, 1.165) is 25.3 Å². The Bertz CT molecular complexity index is 402. The van der Waals surface area contributed by atoms with Crippen LogP contribution in [0, 0.1) is 5.92 Å². The molecule has 0 amide bonds. The second-order valence-corrected chi connectivity index (χ2v) is 5.86. The number of aryl methyl sites for hydroxylation is 1. The number of aromatic nitrogens is 2. The molecule has 1 atom stereocenters. The molecule has 3 nitrogen and oxygen atoms in total. The number of hydrogen-bond donors (Lipinski definition) is 1. The molecule has 0 bridgehead atoms. The van der Waals surface area contributed by atoms with Crippen molar-refractivity contribution in [3.8, 4) is 0 Å². The zero-order valence-corrected chi connectivity index (χ0v) is 13.0. The van der Waals surface area contributed by atoms with E-state index >= 15 is 0 Å². The lowest BCUT2D eigenvalue weighted by molar-refractivity contribution is 0.417.